The molecular weight excluding hydrogens is 264 g/mol. The molecule has 0 bridgehead atoms. The fourth-order valence-corrected chi connectivity index (χ4v) is 1.92. The van der Waals surface area contributed by atoms with Crippen LogP contribution in [0.2, 0.25) is 0 Å². The summed E-state index contributed by atoms with van der Waals surface area (Å²) in [6, 6.07) is 14.0. The summed E-state index contributed by atoms with van der Waals surface area (Å²) in [6.07, 6.45) is 1.72. The van der Waals surface area contributed by atoms with E-state index in [0.29, 0.717) is 18.1 Å². The number of hydrogen-bond acceptors (Lipinski definition) is 4. The zero-order valence-corrected chi connectivity index (χ0v) is 12.6. The maximum Gasteiger partial charge on any atom is 0.170 e. The van der Waals surface area contributed by atoms with Crippen LogP contribution in [-0.2, 0) is 6.61 Å². The van der Waals surface area contributed by atoms with Crippen LogP contribution in [0, 0.1) is 6.92 Å². The van der Waals surface area contributed by atoms with Crippen LogP contribution >= 0.6 is 0 Å². The van der Waals surface area contributed by atoms with Crippen molar-refractivity contribution in [3.05, 3.63) is 59.2 Å². The summed E-state index contributed by atoms with van der Waals surface area (Å²) in [7, 11) is 3.39. The lowest BCUT2D eigenvalue weighted by atomic mass is 10.1. The highest BCUT2D eigenvalue weighted by Crippen LogP contribution is 2.30. The number of para-hydroxylation sites is 1. The molecule has 1 N–H and O–H groups in total. The van der Waals surface area contributed by atoms with Gasteiger partial charge in [-0.05, 0) is 24.6 Å². The molecule has 0 aliphatic rings. The van der Waals surface area contributed by atoms with E-state index in [1.54, 1.807) is 20.4 Å². The summed E-state index contributed by atoms with van der Waals surface area (Å²) in [4.78, 5) is 0. The SMILES string of the molecule is CN/N=C/c1cccc(OC)c1OCc1ccc(C)cc1. The average Bonchev–Trinajstić information content (AvgIpc) is 2.52. The molecule has 0 atom stereocenters. The summed E-state index contributed by atoms with van der Waals surface area (Å²) >= 11 is 0. The molecular formula is C17H20N2O2. The molecule has 4 nitrogen and oxygen atoms in total. The minimum Gasteiger partial charge on any atom is -0.493 e. The van der Waals surface area contributed by atoms with Gasteiger partial charge in [0.25, 0.3) is 0 Å². The Morgan fingerprint density at radius 3 is 2.57 bits per heavy atom. The molecule has 110 valence electrons. The molecule has 2 rings (SSSR count). The van der Waals surface area contributed by atoms with Gasteiger partial charge in [0.1, 0.15) is 6.61 Å². The standard InChI is InChI=1S/C17H20N2O2/c1-13-7-9-14(10-8-13)12-21-17-15(11-19-18-2)5-4-6-16(17)20-3/h4-11,18H,12H2,1-3H3/b19-11+. The number of benzene rings is 2. The van der Waals surface area contributed by atoms with Crippen LogP contribution in [0.5, 0.6) is 11.5 Å². The fourth-order valence-electron chi connectivity index (χ4n) is 1.92. The lowest BCUT2D eigenvalue weighted by molar-refractivity contribution is 0.284. The summed E-state index contributed by atoms with van der Waals surface area (Å²) in [5.41, 5.74) is 5.95. The van der Waals surface area contributed by atoms with Crippen LogP contribution in [0.25, 0.3) is 0 Å². The molecule has 21 heavy (non-hydrogen) atoms. The number of nitrogens with zero attached hydrogens (tertiary/aromatic N) is 1. The van der Waals surface area contributed by atoms with Crippen molar-refractivity contribution < 1.29 is 9.47 Å². The van der Waals surface area contributed by atoms with Gasteiger partial charge in [0.15, 0.2) is 11.5 Å². The van der Waals surface area contributed by atoms with E-state index in [2.05, 4.69) is 41.7 Å². The van der Waals surface area contributed by atoms with E-state index in [4.69, 9.17) is 9.47 Å². The van der Waals surface area contributed by atoms with Crippen molar-refractivity contribution in [3.63, 3.8) is 0 Å². The molecule has 0 spiro atoms. The summed E-state index contributed by atoms with van der Waals surface area (Å²) in [5, 5.41) is 4.03. The first-order chi connectivity index (χ1) is 10.2. The molecule has 0 aliphatic heterocycles. The van der Waals surface area contributed by atoms with Crippen LogP contribution in [0.1, 0.15) is 16.7 Å². The smallest absolute Gasteiger partial charge is 0.170 e. The molecule has 0 heterocycles. The van der Waals surface area contributed by atoms with Gasteiger partial charge < -0.3 is 14.9 Å². The normalized spacial score (nSPS) is 10.6. The quantitative estimate of drug-likeness (QED) is 0.654. The first kappa shape index (κ1) is 14.9. The molecule has 0 saturated heterocycles. The zero-order valence-electron chi connectivity index (χ0n) is 12.6. The molecule has 4 heteroatoms. The second-order valence-electron chi connectivity index (χ2n) is 4.63. The van der Waals surface area contributed by atoms with Crippen molar-refractivity contribution in [2.24, 2.45) is 5.10 Å². The van der Waals surface area contributed by atoms with E-state index >= 15 is 0 Å². The van der Waals surface area contributed by atoms with Gasteiger partial charge in [-0.25, -0.2) is 0 Å². The molecule has 0 aliphatic carbocycles. The third-order valence-electron chi connectivity index (χ3n) is 3.07. The number of hydrazone groups is 1. The van der Waals surface area contributed by atoms with Crippen molar-refractivity contribution in [1.29, 1.82) is 0 Å². The van der Waals surface area contributed by atoms with Crippen LogP contribution in [0.15, 0.2) is 47.6 Å². The van der Waals surface area contributed by atoms with Gasteiger partial charge in [0.2, 0.25) is 0 Å². The number of rotatable bonds is 6. The molecule has 2 aromatic carbocycles. The van der Waals surface area contributed by atoms with Gasteiger partial charge in [0.05, 0.1) is 13.3 Å². The van der Waals surface area contributed by atoms with E-state index < -0.39 is 0 Å². The maximum atomic E-state index is 5.94. The predicted molar refractivity (Wildman–Crippen MR) is 85.2 cm³/mol. The van der Waals surface area contributed by atoms with E-state index in [1.165, 1.54) is 5.56 Å². The van der Waals surface area contributed by atoms with Gasteiger partial charge in [0, 0.05) is 12.6 Å². The molecule has 2 aromatic rings. The van der Waals surface area contributed by atoms with Crippen molar-refractivity contribution in [2.75, 3.05) is 14.2 Å². The molecule has 0 saturated carbocycles. The van der Waals surface area contributed by atoms with Crippen molar-refractivity contribution in [2.45, 2.75) is 13.5 Å². The van der Waals surface area contributed by atoms with Crippen LogP contribution in [0.3, 0.4) is 0 Å². The highest BCUT2D eigenvalue weighted by atomic mass is 16.5. The van der Waals surface area contributed by atoms with Gasteiger partial charge in [-0.3, -0.25) is 0 Å². The maximum absolute atomic E-state index is 5.94. The lowest BCUT2D eigenvalue weighted by Crippen LogP contribution is -2.02. The van der Waals surface area contributed by atoms with Gasteiger partial charge in [-0.1, -0.05) is 35.9 Å². The van der Waals surface area contributed by atoms with Crippen LogP contribution in [0.4, 0.5) is 0 Å². The predicted octanol–water partition coefficient (Wildman–Crippen LogP) is 3.14. The first-order valence-corrected chi connectivity index (χ1v) is 6.79. The molecule has 0 unspecified atom stereocenters. The van der Waals surface area contributed by atoms with Crippen molar-refractivity contribution >= 4 is 6.21 Å². The Morgan fingerprint density at radius 1 is 1.14 bits per heavy atom. The fraction of sp³-hybridized carbons (Fsp3) is 0.235. The number of nitrogens with one attached hydrogen (secondary N) is 1. The Labute approximate surface area is 125 Å². The van der Waals surface area contributed by atoms with E-state index in [0.717, 1.165) is 11.1 Å². The molecule has 0 fully saturated rings. The number of methoxy groups -OCH3 is 1. The van der Waals surface area contributed by atoms with Gasteiger partial charge in [-0.2, -0.15) is 5.10 Å². The Hall–Kier alpha value is -2.49. The van der Waals surface area contributed by atoms with E-state index in [1.807, 2.05) is 18.2 Å². The monoisotopic (exact) mass is 284 g/mol. The van der Waals surface area contributed by atoms with Crippen LogP contribution < -0.4 is 14.9 Å². The molecule has 0 aromatic heterocycles. The van der Waals surface area contributed by atoms with E-state index in [9.17, 15) is 0 Å². The summed E-state index contributed by atoms with van der Waals surface area (Å²) in [6.45, 7) is 2.55. The Kier molecular flexibility index (Phi) is 5.21. The minimum absolute atomic E-state index is 0.487. The van der Waals surface area contributed by atoms with Crippen molar-refractivity contribution in [1.82, 2.24) is 5.43 Å². The molecule has 0 amide bonds. The number of hydrogen-bond donors (Lipinski definition) is 1. The number of ether oxygens (including phenoxy) is 2. The van der Waals surface area contributed by atoms with Gasteiger partial charge in [-0.15, -0.1) is 0 Å². The highest BCUT2D eigenvalue weighted by Gasteiger charge is 2.09. The third kappa shape index (κ3) is 3.99. The Balaban J connectivity index is 2.20. The summed E-state index contributed by atoms with van der Waals surface area (Å²) < 4.78 is 11.3. The lowest BCUT2D eigenvalue weighted by Gasteiger charge is -2.13. The second kappa shape index (κ2) is 7.33. The van der Waals surface area contributed by atoms with Gasteiger partial charge >= 0.3 is 0 Å². The largest absolute Gasteiger partial charge is 0.493 e. The Morgan fingerprint density at radius 2 is 1.90 bits per heavy atom. The Bertz CT molecular complexity index is 607. The highest BCUT2D eigenvalue weighted by molar-refractivity contribution is 5.84. The van der Waals surface area contributed by atoms with Crippen molar-refractivity contribution in [3.8, 4) is 11.5 Å². The number of aryl methyl sites for hydroxylation is 1. The van der Waals surface area contributed by atoms with E-state index in [-0.39, 0.29) is 0 Å². The second-order valence-corrected chi connectivity index (χ2v) is 4.63. The topological polar surface area (TPSA) is 42.9 Å². The third-order valence-corrected chi connectivity index (χ3v) is 3.07. The average molecular weight is 284 g/mol. The zero-order chi connectivity index (χ0) is 15.1. The van der Waals surface area contributed by atoms with Crippen LogP contribution in [-0.4, -0.2) is 20.4 Å². The summed E-state index contributed by atoms with van der Waals surface area (Å²) in [5.74, 6) is 1.39. The molecule has 0 radical (unpaired) electrons. The first-order valence-electron chi connectivity index (χ1n) is 6.79. The minimum atomic E-state index is 0.487.